The lowest BCUT2D eigenvalue weighted by Crippen LogP contribution is -2.04. The van der Waals surface area contributed by atoms with E-state index in [1.54, 1.807) is 13.0 Å². The zero-order valence-corrected chi connectivity index (χ0v) is 11.8. The number of nitrogens with one attached hydrogen (secondary N) is 1. The summed E-state index contributed by atoms with van der Waals surface area (Å²) in [6.07, 6.45) is 1.40. The fourth-order valence-electron chi connectivity index (χ4n) is 2.02. The lowest BCUT2D eigenvalue weighted by molar-refractivity contribution is 0.564. The van der Waals surface area contributed by atoms with Gasteiger partial charge in [-0.3, -0.25) is 4.57 Å². The average molecular weight is 312 g/mol. The summed E-state index contributed by atoms with van der Waals surface area (Å²) in [6, 6.07) is 4.17. The number of hydrogen-bond acceptors (Lipinski definition) is 2. The number of fused-ring (bicyclic) bond motifs is 1. The zero-order valence-electron chi connectivity index (χ0n) is 10.2. The number of pyridine rings is 1. The van der Waals surface area contributed by atoms with Crippen LogP contribution in [-0.4, -0.2) is 14.5 Å². The van der Waals surface area contributed by atoms with Gasteiger partial charge in [-0.05, 0) is 36.8 Å². The van der Waals surface area contributed by atoms with Crippen LogP contribution in [0, 0.1) is 23.3 Å². The maximum Gasteiger partial charge on any atom is 0.184 e. The molecule has 0 bridgehead atoms. The Morgan fingerprint density at radius 2 is 2.10 bits per heavy atom. The lowest BCUT2D eigenvalue weighted by atomic mass is 10.2. The number of aryl methyl sites for hydroxylation is 1. The molecular formula is C13H8ClF2N3S. The first kappa shape index (κ1) is 13.2. The maximum atomic E-state index is 14.2. The van der Waals surface area contributed by atoms with Crippen molar-refractivity contribution in [2.24, 2.45) is 0 Å². The first-order valence-corrected chi connectivity index (χ1v) is 6.49. The van der Waals surface area contributed by atoms with Gasteiger partial charge in [0, 0.05) is 6.20 Å². The molecule has 102 valence electrons. The van der Waals surface area contributed by atoms with Crippen molar-refractivity contribution >= 4 is 35.0 Å². The van der Waals surface area contributed by atoms with E-state index in [0.29, 0.717) is 21.7 Å². The summed E-state index contributed by atoms with van der Waals surface area (Å²) < 4.78 is 29.6. The summed E-state index contributed by atoms with van der Waals surface area (Å²) in [6.45, 7) is 1.56. The third-order valence-electron chi connectivity index (χ3n) is 2.97. The summed E-state index contributed by atoms with van der Waals surface area (Å²) in [5.74, 6) is -1.37. The Bertz CT molecular complexity index is 885. The molecule has 0 atom stereocenters. The van der Waals surface area contributed by atoms with Gasteiger partial charge in [-0.15, -0.1) is 0 Å². The molecule has 0 saturated heterocycles. The number of benzene rings is 1. The SMILES string of the molecule is Cc1ccc(F)c(-n2c(=S)[nH]c3cc(Cl)cnc32)c1F. The molecule has 1 N–H and O–H groups in total. The second-order valence-corrected chi connectivity index (χ2v) is 5.14. The molecule has 0 unspecified atom stereocenters. The second-order valence-electron chi connectivity index (χ2n) is 4.32. The Morgan fingerprint density at radius 3 is 2.85 bits per heavy atom. The first-order valence-electron chi connectivity index (χ1n) is 5.70. The van der Waals surface area contributed by atoms with Gasteiger partial charge in [0.15, 0.2) is 16.2 Å². The van der Waals surface area contributed by atoms with Gasteiger partial charge in [0.05, 0.1) is 10.5 Å². The van der Waals surface area contributed by atoms with Gasteiger partial charge in [0.2, 0.25) is 0 Å². The number of aromatic nitrogens is 3. The van der Waals surface area contributed by atoms with Crippen molar-refractivity contribution in [2.45, 2.75) is 6.92 Å². The molecule has 20 heavy (non-hydrogen) atoms. The number of imidazole rings is 1. The van der Waals surface area contributed by atoms with E-state index in [1.165, 1.54) is 22.9 Å². The van der Waals surface area contributed by atoms with Crippen LogP contribution in [0.15, 0.2) is 24.4 Å². The molecule has 0 fully saturated rings. The third-order valence-corrected chi connectivity index (χ3v) is 3.46. The highest BCUT2D eigenvalue weighted by Crippen LogP contribution is 2.25. The first-order chi connectivity index (χ1) is 9.49. The molecule has 0 aliphatic carbocycles. The maximum absolute atomic E-state index is 14.2. The predicted octanol–water partition coefficient (Wildman–Crippen LogP) is 4.32. The Kier molecular flexibility index (Phi) is 3.07. The summed E-state index contributed by atoms with van der Waals surface area (Å²) >= 11 is 11.0. The molecule has 2 aromatic heterocycles. The van der Waals surface area contributed by atoms with Crippen molar-refractivity contribution in [1.29, 1.82) is 0 Å². The molecule has 7 heteroatoms. The topological polar surface area (TPSA) is 33.6 Å². The van der Waals surface area contributed by atoms with E-state index in [9.17, 15) is 8.78 Å². The summed E-state index contributed by atoms with van der Waals surface area (Å²) in [7, 11) is 0. The number of H-pyrrole nitrogens is 1. The predicted molar refractivity (Wildman–Crippen MR) is 75.9 cm³/mol. The Hall–Kier alpha value is -1.79. The van der Waals surface area contributed by atoms with Crippen LogP contribution in [-0.2, 0) is 0 Å². The van der Waals surface area contributed by atoms with Crippen LogP contribution in [0.5, 0.6) is 0 Å². The average Bonchev–Trinajstić information content (AvgIpc) is 2.70. The Morgan fingerprint density at radius 1 is 1.35 bits per heavy atom. The van der Waals surface area contributed by atoms with Gasteiger partial charge >= 0.3 is 0 Å². The Labute approximate surface area is 122 Å². The minimum absolute atomic E-state index is 0.151. The van der Waals surface area contributed by atoms with E-state index in [4.69, 9.17) is 23.8 Å². The molecule has 0 amide bonds. The van der Waals surface area contributed by atoms with E-state index >= 15 is 0 Å². The molecule has 3 rings (SSSR count). The molecule has 1 aromatic carbocycles. The van der Waals surface area contributed by atoms with Crippen molar-refractivity contribution in [2.75, 3.05) is 0 Å². The van der Waals surface area contributed by atoms with Crippen LogP contribution in [0.25, 0.3) is 16.9 Å². The summed E-state index contributed by atoms with van der Waals surface area (Å²) in [5.41, 5.74) is 0.924. The standard InChI is InChI=1S/C13H8ClF2N3S/c1-6-2-3-8(15)11(10(6)16)19-12-9(18-13(19)20)4-7(14)5-17-12/h2-5H,1H3,(H,18,20). The molecule has 0 aliphatic heterocycles. The van der Waals surface area contributed by atoms with E-state index in [-0.39, 0.29) is 10.5 Å². The van der Waals surface area contributed by atoms with Gasteiger partial charge in [-0.25, -0.2) is 13.8 Å². The van der Waals surface area contributed by atoms with Crippen molar-refractivity contribution in [3.63, 3.8) is 0 Å². The van der Waals surface area contributed by atoms with Crippen LogP contribution in [0.2, 0.25) is 5.02 Å². The Balaban J connectivity index is 2.44. The number of aromatic amines is 1. The molecular weight excluding hydrogens is 304 g/mol. The van der Waals surface area contributed by atoms with Gasteiger partial charge in [0.25, 0.3) is 0 Å². The fraction of sp³-hybridized carbons (Fsp3) is 0.0769. The van der Waals surface area contributed by atoms with Crippen molar-refractivity contribution in [3.05, 3.63) is 51.4 Å². The molecule has 0 spiro atoms. The van der Waals surface area contributed by atoms with E-state index in [0.717, 1.165) is 0 Å². The van der Waals surface area contributed by atoms with Crippen LogP contribution in [0.3, 0.4) is 0 Å². The molecule has 0 saturated carbocycles. The van der Waals surface area contributed by atoms with Gasteiger partial charge < -0.3 is 4.98 Å². The van der Waals surface area contributed by atoms with Crippen LogP contribution in [0.4, 0.5) is 8.78 Å². The third kappa shape index (κ3) is 1.92. The lowest BCUT2D eigenvalue weighted by Gasteiger charge is -2.08. The molecule has 2 heterocycles. The minimum atomic E-state index is -0.707. The van der Waals surface area contributed by atoms with E-state index in [2.05, 4.69) is 9.97 Å². The number of hydrogen-bond donors (Lipinski definition) is 1. The van der Waals surface area contributed by atoms with Crippen molar-refractivity contribution < 1.29 is 8.78 Å². The smallest absolute Gasteiger partial charge is 0.184 e. The number of halogens is 3. The van der Waals surface area contributed by atoms with Gasteiger partial charge in [-0.2, -0.15) is 0 Å². The molecule has 0 aliphatic rings. The van der Waals surface area contributed by atoms with Gasteiger partial charge in [0.1, 0.15) is 11.5 Å². The largest absolute Gasteiger partial charge is 0.329 e. The van der Waals surface area contributed by atoms with Crippen LogP contribution in [0.1, 0.15) is 5.56 Å². The summed E-state index contributed by atoms with van der Waals surface area (Å²) in [5, 5.41) is 0.408. The van der Waals surface area contributed by atoms with Crippen LogP contribution < -0.4 is 0 Å². The molecule has 3 nitrogen and oxygen atoms in total. The van der Waals surface area contributed by atoms with Crippen LogP contribution >= 0.6 is 23.8 Å². The van der Waals surface area contributed by atoms with Crippen molar-refractivity contribution in [3.8, 4) is 5.69 Å². The van der Waals surface area contributed by atoms with Crippen molar-refractivity contribution in [1.82, 2.24) is 14.5 Å². The number of nitrogens with zero attached hydrogens (tertiary/aromatic N) is 2. The highest BCUT2D eigenvalue weighted by Gasteiger charge is 2.18. The van der Waals surface area contributed by atoms with E-state index < -0.39 is 11.6 Å². The molecule has 0 radical (unpaired) electrons. The van der Waals surface area contributed by atoms with E-state index in [1.807, 2.05) is 0 Å². The second kappa shape index (κ2) is 4.64. The normalized spacial score (nSPS) is 11.2. The monoisotopic (exact) mass is 311 g/mol. The highest BCUT2D eigenvalue weighted by atomic mass is 35.5. The van der Waals surface area contributed by atoms with Gasteiger partial charge in [-0.1, -0.05) is 17.7 Å². The number of rotatable bonds is 1. The minimum Gasteiger partial charge on any atom is -0.329 e. The highest BCUT2D eigenvalue weighted by molar-refractivity contribution is 7.71. The quantitative estimate of drug-likeness (QED) is 0.679. The molecule has 3 aromatic rings. The zero-order chi connectivity index (χ0) is 14.4. The fourth-order valence-corrected chi connectivity index (χ4v) is 2.47. The summed E-state index contributed by atoms with van der Waals surface area (Å²) in [4.78, 5) is 6.93.